The van der Waals surface area contributed by atoms with Gasteiger partial charge < -0.3 is 15.0 Å². The minimum atomic E-state index is -0.267. The van der Waals surface area contributed by atoms with E-state index in [0.29, 0.717) is 28.8 Å². The number of para-hydroxylation sites is 2. The second kappa shape index (κ2) is 11.7. The summed E-state index contributed by atoms with van der Waals surface area (Å²) in [6, 6.07) is 21.2. The summed E-state index contributed by atoms with van der Waals surface area (Å²) in [5, 5.41) is 12.4. The van der Waals surface area contributed by atoms with Gasteiger partial charge in [-0.2, -0.15) is 0 Å². The average molecular weight is 542 g/mol. The third kappa shape index (κ3) is 5.54. The molecule has 5 rings (SSSR count). The van der Waals surface area contributed by atoms with Crippen molar-refractivity contribution in [3.05, 3.63) is 94.8 Å². The van der Waals surface area contributed by atoms with Crippen LogP contribution in [0.1, 0.15) is 39.3 Å². The van der Waals surface area contributed by atoms with Crippen molar-refractivity contribution >= 4 is 29.3 Å². The summed E-state index contributed by atoms with van der Waals surface area (Å²) in [4.78, 5) is 28.2. The van der Waals surface area contributed by atoms with E-state index in [1.807, 2.05) is 52.8 Å². The van der Waals surface area contributed by atoms with Gasteiger partial charge in [-0.15, -0.1) is 10.2 Å². The molecule has 0 bridgehead atoms. The molecular formula is C30H31N5O3S. The molecule has 3 aromatic carbocycles. The summed E-state index contributed by atoms with van der Waals surface area (Å²) >= 11 is 1.36. The Morgan fingerprint density at radius 2 is 1.74 bits per heavy atom. The first-order chi connectivity index (χ1) is 19.0. The first kappa shape index (κ1) is 26.5. The van der Waals surface area contributed by atoms with Crippen molar-refractivity contribution in [1.29, 1.82) is 0 Å². The average Bonchev–Trinajstić information content (AvgIpc) is 3.38. The van der Waals surface area contributed by atoms with Gasteiger partial charge in [-0.1, -0.05) is 54.2 Å². The van der Waals surface area contributed by atoms with E-state index in [1.54, 1.807) is 18.2 Å². The normalized spacial score (nSPS) is 12.6. The van der Waals surface area contributed by atoms with Gasteiger partial charge in [0.05, 0.1) is 30.7 Å². The fourth-order valence-electron chi connectivity index (χ4n) is 4.81. The number of amides is 2. The Hall–Kier alpha value is -4.11. The van der Waals surface area contributed by atoms with Gasteiger partial charge in [0, 0.05) is 12.2 Å². The van der Waals surface area contributed by atoms with Crippen molar-refractivity contribution in [2.24, 2.45) is 0 Å². The highest BCUT2D eigenvalue weighted by atomic mass is 32.2. The molecule has 0 aliphatic carbocycles. The minimum Gasteiger partial charge on any atom is -0.496 e. The number of thioether (sulfide) groups is 1. The van der Waals surface area contributed by atoms with Crippen LogP contribution in [0.4, 0.5) is 5.69 Å². The van der Waals surface area contributed by atoms with E-state index in [-0.39, 0.29) is 24.1 Å². The van der Waals surface area contributed by atoms with Crippen LogP contribution in [0.5, 0.6) is 5.75 Å². The zero-order chi connectivity index (χ0) is 27.4. The Labute approximate surface area is 232 Å². The van der Waals surface area contributed by atoms with Crippen LogP contribution in [0.15, 0.2) is 71.9 Å². The predicted octanol–water partition coefficient (Wildman–Crippen LogP) is 4.89. The lowest BCUT2D eigenvalue weighted by Gasteiger charge is -2.29. The molecule has 0 saturated heterocycles. The molecule has 1 N–H and O–H groups in total. The van der Waals surface area contributed by atoms with E-state index >= 15 is 0 Å². The number of aryl methyl sites for hydroxylation is 2. The van der Waals surface area contributed by atoms with Gasteiger partial charge in [-0.25, -0.2) is 0 Å². The molecule has 8 nitrogen and oxygen atoms in total. The molecular weight excluding hydrogens is 510 g/mol. The lowest BCUT2D eigenvalue weighted by molar-refractivity contribution is -0.116. The Balaban J connectivity index is 1.39. The number of anilines is 1. The molecule has 0 radical (unpaired) electrons. The van der Waals surface area contributed by atoms with Gasteiger partial charge in [0.1, 0.15) is 5.75 Å². The van der Waals surface area contributed by atoms with Crippen molar-refractivity contribution in [2.75, 3.05) is 24.3 Å². The van der Waals surface area contributed by atoms with E-state index in [9.17, 15) is 9.59 Å². The standard InChI is InChI=1S/C30H31N5O3S/c1-20-10-8-15-24(21(20)2)35-27(18-31-29(37)23-13-5-7-16-26(23)38-3)32-33-30(35)39-19-28(36)34-17-9-12-22-11-4-6-14-25(22)34/h4-8,10-11,13-16H,9,12,17-19H2,1-3H3,(H,31,37). The Morgan fingerprint density at radius 3 is 2.59 bits per heavy atom. The van der Waals surface area contributed by atoms with Gasteiger partial charge in [-0.05, 0) is 67.6 Å². The molecule has 0 atom stereocenters. The number of carbonyl (C=O) groups excluding carboxylic acids is 2. The second-order valence-corrected chi connectivity index (χ2v) is 10.3. The van der Waals surface area contributed by atoms with E-state index in [2.05, 4.69) is 34.6 Å². The summed E-state index contributed by atoms with van der Waals surface area (Å²) in [6.07, 6.45) is 1.93. The number of methoxy groups -OCH3 is 1. The molecule has 0 fully saturated rings. The van der Waals surface area contributed by atoms with Crippen molar-refractivity contribution in [3.63, 3.8) is 0 Å². The van der Waals surface area contributed by atoms with E-state index in [4.69, 9.17) is 4.74 Å². The van der Waals surface area contributed by atoms with Gasteiger partial charge in [0.25, 0.3) is 5.91 Å². The largest absolute Gasteiger partial charge is 0.496 e. The molecule has 9 heteroatoms. The van der Waals surface area contributed by atoms with Crippen molar-refractivity contribution in [3.8, 4) is 11.4 Å². The summed E-state index contributed by atoms with van der Waals surface area (Å²) in [5.74, 6) is 1.07. The van der Waals surface area contributed by atoms with Crippen LogP contribution >= 0.6 is 11.8 Å². The number of hydrogen-bond donors (Lipinski definition) is 1. The predicted molar refractivity (Wildman–Crippen MR) is 153 cm³/mol. The van der Waals surface area contributed by atoms with Gasteiger partial charge in [0.2, 0.25) is 5.91 Å². The number of benzene rings is 3. The monoisotopic (exact) mass is 541 g/mol. The number of nitrogens with zero attached hydrogens (tertiary/aromatic N) is 4. The molecule has 2 amide bonds. The fraction of sp³-hybridized carbons (Fsp3) is 0.267. The first-order valence-electron chi connectivity index (χ1n) is 12.9. The third-order valence-corrected chi connectivity index (χ3v) is 7.93. The third-order valence-electron chi connectivity index (χ3n) is 7.01. The van der Waals surface area contributed by atoms with Crippen LogP contribution in [-0.4, -0.2) is 46.0 Å². The summed E-state index contributed by atoms with van der Waals surface area (Å²) < 4.78 is 7.28. The first-order valence-corrected chi connectivity index (χ1v) is 13.9. The maximum atomic E-state index is 13.3. The maximum Gasteiger partial charge on any atom is 0.255 e. The Kier molecular flexibility index (Phi) is 7.97. The zero-order valence-corrected chi connectivity index (χ0v) is 23.1. The number of ether oxygens (including phenoxy) is 1. The lowest BCUT2D eigenvalue weighted by atomic mass is 10.0. The lowest BCUT2D eigenvalue weighted by Crippen LogP contribution is -2.36. The highest BCUT2D eigenvalue weighted by molar-refractivity contribution is 7.99. The second-order valence-electron chi connectivity index (χ2n) is 9.40. The van der Waals surface area contributed by atoms with Crippen molar-refractivity contribution in [2.45, 2.75) is 38.4 Å². The molecule has 0 saturated carbocycles. The van der Waals surface area contributed by atoms with Crippen LogP contribution in [0.3, 0.4) is 0 Å². The fourth-order valence-corrected chi connectivity index (χ4v) is 5.65. The van der Waals surface area contributed by atoms with Crippen LogP contribution in [0, 0.1) is 13.8 Å². The van der Waals surface area contributed by atoms with Crippen LogP contribution < -0.4 is 15.0 Å². The highest BCUT2D eigenvalue weighted by Crippen LogP contribution is 2.30. The van der Waals surface area contributed by atoms with Crippen molar-refractivity contribution < 1.29 is 14.3 Å². The van der Waals surface area contributed by atoms with E-state index in [1.165, 1.54) is 24.4 Å². The molecule has 4 aromatic rings. The molecule has 1 aliphatic rings. The number of carbonyl (C=O) groups is 2. The smallest absolute Gasteiger partial charge is 0.255 e. The Morgan fingerprint density at radius 1 is 0.974 bits per heavy atom. The molecule has 1 aliphatic heterocycles. The number of rotatable bonds is 8. The summed E-state index contributed by atoms with van der Waals surface area (Å²) in [5.41, 5.74) is 5.76. The van der Waals surface area contributed by atoms with E-state index in [0.717, 1.165) is 35.3 Å². The van der Waals surface area contributed by atoms with Crippen molar-refractivity contribution in [1.82, 2.24) is 20.1 Å². The topological polar surface area (TPSA) is 89.3 Å². The van der Waals surface area contributed by atoms with Gasteiger partial charge >= 0.3 is 0 Å². The number of hydrogen-bond acceptors (Lipinski definition) is 6. The number of fused-ring (bicyclic) bond motifs is 1. The van der Waals surface area contributed by atoms with E-state index < -0.39 is 0 Å². The zero-order valence-electron chi connectivity index (χ0n) is 22.3. The molecule has 0 spiro atoms. The maximum absolute atomic E-state index is 13.3. The number of aromatic nitrogens is 3. The molecule has 2 heterocycles. The van der Waals surface area contributed by atoms with Crippen LogP contribution in [-0.2, 0) is 17.8 Å². The summed E-state index contributed by atoms with van der Waals surface area (Å²) in [6.45, 7) is 4.97. The Bertz CT molecular complexity index is 1520. The molecule has 0 unspecified atom stereocenters. The molecule has 39 heavy (non-hydrogen) atoms. The SMILES string of the molecule is COc1ccccc1C(=O)NCc1nnc(SCC(=O)N2CCCc3ccccc32)n1-c1cccc(C)c1C. The van der Waals surface area contributed by atoms with Crippen LogP contribution in [0.25, 0.3) is 5.69 Å². The highest BCUT2D eigenvalue weighted by Gasteiger charge is 2.24. The van der Waals surface area contributed by atoms with Gasteiger partial charge in [0.15, 0.2) is 11.0 Å². The molecule has 1 aromatic heterocycles. The quantitative estimate of drug-likeness (QED) is 0.320. The molecule has 200 valence electrons. The van der Waals surface area contributed by atoms with Crippen LogP contribution in [0.2, 0.25) is 0 Å². The summed E-state index contributed by atoms with van der Waals surface area (Å²) in [7, 11) is 1.54. The van der Waals surface area contributed by atoms with Gasteiger partial charge in [-0.3, -0.25) is 14.2 Å². The minimum absolute atomic E-state index is 0.0358. The number of nitrogens with one attached hydrogen (secondary N) is 1.